The van der Waals surface area contributed by atoms with Gasteiger partial charge in [0.15, 0.2) is 0 Å². The van der Waals surface area contributed by atoms with Gasteiger partial charge in [-0.3, -0.25) is 4.79 Å². The number of nitrogens with two attached hydrogens (primary N) is 1. The third kappa shape index (κ3) is 3.31. The van der Waals surface area contributed by atoms with Crippen molar-refractivity contribution in [2.24, 2.45) is 11.3 Å². The van der Waals surface area contributed by atoms with Crippen molar-refractivity contribution in [1.82, 2.24) is 0 Å². The van der Waals surface area contributed by atoms with Crippen LogP contribution in [0.3, 0.4) is 0 Å². The van der Waals surface area contributed by atoms with Crippen LogP contribution in [0.5, 0.6) is 0 Å². The van der Waals surface area contributed by atoms with E-state index in [2.05, 4.69) is 5.32 Å². The smallest absolute Gasteiger partial charge is 0.397 e. The first-order chi connectivity index (χ1) is 9.61. The normalized spacial score (nSPS) is 21.3. The molecule has 0 bridgehead atoms. The van der Waals surface area contributed by atoms with Gasteiger partial charge < -0.3 is 11.1 Å². The summed E-state index contributed by atoms with van der Waals surface area (Å²) < 4.78 is 37.7. The number of nitrogen functional groups attached to an aromatic ring is 1. The summed E-state index contributed by atoms with van der Waals surface area (Å²) in [7, 11) is 0. The van der Waals surface area contributed by atoms with Crippen molar-refractivity contribution < 1.29 is 18.0 Å². The van der Waals surface area contributed by atoms with Crippen molar-refractivity contribution in [2.45, 2.75) is 39.3 Å². The Kier molecular flexibility index (Phi) is 3.91. The highest BCUT2D eigenvalue weighted by Gasteiger charge is 2.39. The van der Waals surface area contributed by atoms with E-state index in [1.807, 2.05) is 13.8 Å². The zero-order chi connectivity index (χ0) is 15.8. The van der Waals surface area contributed by atoms with Crippen LogP contribution < -0.4 is 11.1 Å². The summed E-state index contributed by atoms with van der Waals surface area (Å²) in [6.07, 6.45) is -1.70. The maximum atomic E-state index is 12.6. The molecule has 1 atom stereocenters. The fourth-order valence-corrected chi connectivity index (χ4v) is 2.89. The van der Waals surface area contributed by atoms with E-state index in [9.17, 15) is 18.0 Å². The standard InChI is InChI=1S/C15H19F3N2O/c1-14(2)7-3-4-10(14)13(21)20-12-6-5-9(8-11(12)19)15(16,17)18/h5-6,8,10H,3-4,7,19H2,1-2H3,(H,20,21). The van der Waals surface area contributed by atoms with Crippen molar-refractivity contribution >= 4 is 17.3 Å². The second kappa shape index (κ2) is 5.24. The molecular weight excluding hydrogens is 281 g/mol. The maximum Gasteiger partial charge on any atom is 0.416 e. The van der Waals surface area contributed by atoms with Gasteiger partial charge >= 0.3 is 6.18 Å². The van der Waals surface area contributed by atoms with Gasteiger partial charge in [-0.05, 0) is 36.5 Å². The largest absolute Gasteiger partial charge is 0.416 e. The van der Waals surface area contributed by atoms with Crippen LogP contribution in [-0.4, -0.2) is 5.91 Å². The number of benzene rings is 1. The molecule has 0 aliphatic heterocycles. The number of alkyl halides is 3. The van der Waals surface area contributed by atoms with Gasteiger partial charge in [-0.25, -0.2) is 0 Å². The average Bonchev–Trinajstić information content (AvgIpc) is 2.70. The molecule has 1 aromatic carbocycles. The van der Waals surface area contributed by atoms with Gasteiger partial charge in [0.05, 0.1) is 16.9 Å². The lowest BCUT2D eigenvalue weighted by molar-refractivity contribution is -0.137. The number of hydrogen-bond acceptors (Lipinski definition) is 2. The molecule has 1 fully saturated rings. The van der Waals surface area contributed by atoms with Gasteiger partial charge in [0, 0.05) is 5.92 Å². The lowest BCUT2D eigenvalue weighted by atomic mass is 9.81. The molecular formula is C15H19F3N2O. The zero-order valence-electron chi connectivity index (χ0n) is 12.1. The molecule has 1 unspecified atom stereocenters. The SMILES string of the molecule is CC1(C)CCCC1C(=O)Nc1ccc(C(F)(F)F)cc1N. The third-order valence-corrected chi connectivity index (χ3v) is 4.21. The molecule has 3 nitrogen and oxygen atoms in total. The molecule has 21 heavy (non-hydrogen) atoms. The minimum Gasteiger partial charge on any atom is -0.397 e. The number of carbonyl (C=O) groups is 1. The highest BCUT2D eigenvalue weighted by atomic mass is 19.4. The van der Waals surface area contributed by atoms with Crippen molar-refractivity contribution in [3.8, 4) is 0 Å². The van der Waals surface area contributed by atoms with Gasteiger partial charge in [-0.15, -0.1) is 0 Å². The van der Waals surface area contributed by atoms with Crippen LogP contribution in [0, 0.1) is 11.3 Å². The Labute approximate surface area is 121 Å². The van der Waals surface area contributed by atoms with Crippen LogP contribution in [0.4, 0.5) is 24.5 Å². The minimum atomic E-state index is -4.44. The molecule has 0 aromatic heterocycles. The Morgan fingerprint density at radius 1 is 1.38 bits per heavy atom. The second-order valence-corrected chi connectivity index (χ2v) is 6.22. The Morgan fingerprint density at radius 2 is 2.05 bits per heavy atom. The predicted octanol–water partition coefficient (Wildman–Crippen LogP) is 4.05. The highest BCUT2D eigenvalue weighted by molar-refractivity contribution is 5.96. The molecule has 1 aromatic rings. The molecule has 1 saturated carbocycles. The van der Waals surface area contributed by atoms with Gasteiger partial charge in [0.2, 0.25) is 5.91 Å². The molecule has 1 amide bonds. The number of amides is 1. The van der Waals surface area contributed by atoms with Crippen molar-refractivity contribution in [2.75, 3.05) is 11.1 Å². The van der Waals surface area contributed by atoms with Crippen LogP contribution in [0.15, 0.2) is 18.2 Å². The van der Waals surface area contributed by atoms with Crippen molar-refractivity contribution in [3.05, 3.63) is 23.8 Å². The number of anilines is 2. The first-order valence-electron chi connectivity index (χ1n) is 6.89. The van der Waals surface area contributed by atoms with E-state index < -0.39 is 11.7 Å². The molecule has 0 heterocycles. The Bertz CT molecular complexity index is 552. The maximum absolute atomic E-state index is 12.6. The zero-order valence-corrected chi connectivity index (χ0v) is 12.1. The topological polar surface area (TPSA) is 55.1 Å². The third-order valence-electron chi connectivity index (χ3n) is 4.21. The molecule has 1 aliphatic carbocycles. The van der Waals surface area contributed by atoms with E-state index in [-0.39, 0.29) is 28.6 Å². The number of carbonyl (C=O) groups excluding carboxylic acids is 1. The lowest BCUT2D eigenvalue weighted by Crippen LogP contribution is -2.31. The quantitative estimate of drug-likeness (QED) is 0.809. The summed E-state index contributed by atoms with van der Waals surface area (Å²) in [5, 5.41) is 2.66. The second-order valence-electron chi connectivity index (χ2n) is 6.22. The van der Waals surface area contributed by atoms with Crippen LogP contribution >= 0.6 is 0 Å². The van der Waals surface area contributed by atoms with E-state index in [4.69, 9.17) is 5.73 Å². The highest BCUT2D eigenvalue weighted by Crippen LogP contribution is 2.43. The van der Waals surface area contributed by atoms with E-state index in [1.165, 1.54) is 6.07 Å². The molecule has 0 saturated heterocycles. The number of nitrogens with one attached hydrogen (secondary N) is 1. The van der Waals surface area contributed by atoms with Crippen molar-refractivity contribution in [1.29, 1.82) is 0 Å². The monoisotopic (exact) mass is 300 g/mol. The average molecular weight is 300 g/mol. The number of hydrogen-bond donors (Lipinski definition) is 2. The minimum absolute atomic E-state index is 0.0750. The van der Waals surface area contributed by atoms with Gasteiger partial charge in [-0.1, -0.05) is 20.3 Å². The van der Waals surface area contributed by atoms with Crippen molar-refractivity contribution in [3.63, 3.8) is 0 Å². The van der Waals surface area contributed by atoms with Crippen LogP contribution in [-0.2, 0) is 11.0 Å². The molecule has 116 valence electrons. The van der Waals surface area contributed by atoms with Gasteiger partial charge in [0.25, 0.3) is 0 Å². The van der Waals surface area contributed by atoms with E-state index >= 15 is 0 Å². The summed E-state index contributed by atoms with van der Waals surface area (Å²) in [6.45, 7) is 4.06. The summed E-state index contributed by atoms with van der Waals surface area (Å²) in [4.78, 5) is 12.3. The summed E-state index contributed by atoms with van der Waals surface area (Å²) in [5.41, 5.74) is 4.86. The Balaban J connectivity index is 2.15. The molecule has 3 N–H and O–H groups in total. The van der Waals surface area contributed by atoms with E-state index in [0.29, 0.717) is 0 Å². The molecule has 0 radical (unpaired) electrons. The lowest BCUT2D eigenvalue weighted by Gasteiger charge is -2.26. The Morgan fingerprint density at radius 3 is 2.52 bits per heavy atom. The van der Waals surface area contributed by atoms with Crippen LogP contribution in [0.1, 0.15) is 38.7 Å². The first-order valence-corrected chi connectivity index (χ1v) is 6.89. The summed E-state index contributed by atoms with van der Waals surface area (Å²) in [6, 6.07) is 2.97. The van der Waals surface area contributed by atoms with Crippen LogP contribution in [0.2, 0.25) is 0 Å². The molecule has 2 rings (SSSR count). The molecule has 1 aliphatic rings. The number of rotatable bonds is 2. The fraction of sp³-hybridized carbons (Fsp3) is 0.533. The number of halogens is 3. The van der Waals surface area contributed by atoms with Crippen LogP contribution in [0.25, 0.3) is 0 Å². The molecule has 6 heteroatoms. The predicted molar refractivity (Wildman–Crippen MR) is 75.6 cm³/mol. The van der Waals surface area contributed by atoms with E-state index in [1.54, 1.807) is 0 Å². The fourth-order valence-electron chi connectivity index (χ4n) is 2.89. The summed E-state index contributed by atoms with van der Waals surface area (Å²) >= 11 is 0. The first kappa shape index (κ1) is 15.7. The van der Waals surface area contributed by atoms with Gasteiger partial charge in [0.1, 0.15) is 0 Å². The molecule has 0 spiro atoms. The van der Waals surface area contributed by atoms with E-state index in [0.717, 1.165) is 31.4 Å². The van der Waals surface area contributed by atoms with Gasteiger partial charge in [-0.2, -0.15) is 13.2 Å². The Hall–Kier alpha value is -1.72. The summed E-state index contributed by atoms with van der Waals surface area (Å²) in [5.74, 6) is -0.317.